The fourth-order valence-corrected chi connectivity index (χ4v) is 3.86. The van der Waals surface area contributed by atoms with Gasteiger partial charge in [-0.2, -0.15) is 0 Å². The van der Waals surface area contributed by atoms with Gasteiger partial charge in [-0.3, -0.25) is 4.79 Å². The van der Waals surface area contributed by atoms with Crippen molar-refractivity contribution in [1.29, 1.82) is 0 Å². The van der Waals surface area contributed by atoms with E-state index < -0.39 is 0 Å². The topological polar surface area (TPSA) is 86.2 Å². The third-order valence-corrected chi connectivity index (χ3v) is 5.37. The summed E-state index contributed by atoms with van der Waals surface area (Å²) in [5, 5.41) is 15.7. The number of amides is 1. The van der Waals surface area contributed by atoms with Crippen LogP contribution >= 0.6 is 11.6 Å². The monoisotopic (exact) mass is 428 g/mol. The molecule has 2 aromatic rings. The number of carbonyl (C=O) groups is 1. The molecular formula is C22H25ClN4O3. The lowest BCUT2D eigenvalue weighted by Crippen LogP contribution is -2.54. The predicted octanol–water partition coefficient (Wildman–Crippen LogP) is 2.69. The first-order valence-corrected chi connectivity index (χ1v) is 10.5. The van der Waals surface area contributed by atoms with Crippen molar-refractivity contribution in [1.82, 2.24) is 15.5 Å². The van der Waals surface area contributed by atoms with E-state index in [1.807, 2.05) is 30.3 Å². The summed E-state index contributed by atoms with van der Waals surface area (Å²) in [5.74, 6) is 2.20. The first-order valence-electron chi connectivity index (χ1n) is 10.2. The predicted molar refractivity (Wildman–Crippen MR) is 117 cm³/mol. The molecule has 0 aliphatic carbocycles. The van der Waals surface area contributed by atoms with Crippen LogP contribution in [0.4, 0.5) is 5.69 Å². The highest BCUT2D eigenvalue weighted by molar-refractivity contribution is 6.31. The molecule has 2 heterocycles. The van der Waals surface area contributed by atoms with Gasteiger partial charge in [-0.25, -0.2) is 4.99 Å². The summed E-state index contributed by atoms with van der Waals surface area (Å²) in [4.78, 5) is 19.3. The van der Waals surface area contributed by atoms with Crippen molar-refractivity contribution in [3.05, 3.63) is 53.1 Å². The number of para-hydroxylation sites is 1. The number of piperazine rings is 1. The van der Waals surface area contributed by atoms with Gasteiger partial charge >= 0.3 is 0 Å². The molecule has 7 nitrogen and oxygen atoms in total. The molecule has 1 amide bonds. The number of nitrogens with zero attached hydrogens (tertiary/aromatic N) is 2. The van der Waals surface area contributed by atoms with Crippen molar-refractivity contribution in [3.63, 3.8) is 0 Å². The van der Waals surface area contributed by atoms with Gasteiger partial charge < -0.3 is 25.4 Å². The van der Waals surface area contributed by atoms with Gasteiger partial charge in [0, 0.05) is 50.3 Å². The summed E-state index contributed by atoms with van der Waals surface area (Å²) in [6.07, 6.45) is 0.932. The van der Waals surface area contributed by atoms with Crippen molar-refractivity contribution in [2.24, 2.45) is 4.99 Å². The van der Waals surface area contributed by atoms with Gasteiger partial charge in [0.15, 0.2) is 5.75 Å². The fourth-order valence-electron chi connectivity index (χ4n) is 3.70. The Bertz CT molecular complexity index is 950. The van der Waals surface area contributed by atoms with Crippen LogP contribution in [0.25, 0.3) is 0 Å². The van der Waals surface area contributed by atoms with Crippen LogP contribution < -0.4 is 15.4 Å². The maximum absolute atomic E-state index is 12.2. The van der Waals surface area contributed by atoms with Crippen LogP contribution in [0, 0.1) is 0 Å². The van der Waals surface area contributed by atoms with Crippen molar-refractivity contribution in [2.45, 2.75) is 18.9 Å². The molecule has 2 aromatic carbocycles. The van der Waals surface area contributed by atoms with E-state index in [9.17, 15) is 4.79 Å². The average molecular weight is 429 g/mol. The second-order valence-electron chi connectivity index (χ2n) is 7.37. The van der Waals surface area contributed by atoms with Gasteiger partial charge in [-0.05, 0) is 36.8 Å². The highest BCUT2D eigenvalue weighted by Gasteiger charge is 2.28. The van der Waals surface area contributed by atoms with Crippen molar-refractivity contribution in [3.8, 4) is 11.5 Å². The normalized spacial score (nSPS) is 17.9. The lowest BCUT2D eigenvalue weighted by Gasteiger charge is -2.35. The maximum Gasteiger partial charge on any atom is 0.221 e. The van der Waals surface area contributed by atoms with E-state index in [2.05, 4.69) is 15.5 Å². The summed E-state index contributed by atoms with van der Waals surface area (Å²) in [6, 6.07) is 13.3. The Hall–Kier alpha value is -2.61. The van der Waals surface area contributed by atoms with Gasteiger partial charge in [0.2, 0.25) is 5.91 Å². The van der Waals surface area contributed by atoms with Crippen LogP contribution in [-0.2, 0) is 4.79 Å². The van der Waals surface area contributed by atoms with Gasteiger partial charge in [0.25, 0.3) is 0 Å². The lowest BCUT2D eigenvalue weighted by atomic mass is 10.1. The van der Waals surface area contributed by atoms with E-state index in [1.165, 1.54) is 0 Å². The zero-order chi connectivity index (χ0) is 20.9. The molecule has 0 saturated carbocycles. The zero-order valence-electron chi connectivity index (χ0n) is 16.6. The minimum absolute atomic E-state index is 0.00532. The molecule has 1 saturated heterocycles. The molecular weight excluding hydrogens is 404 g/mol. The summed E-state index contributed by atoms with van der Waals surface area (Å²) in [7, 11) is 0. The van der Waals surface area contributed by atoms with Gasteiger partial charge in [0.05, 0.1) is 5.56 Å². The molecule has 30 heavy (non-hydrogen) atoms. The Balaban J connectivity index is 1.57. The molecule has 0 aromatic heterocycles. The van der Waals surface area contributed by atoms with Crippen LogP contribution in [0.1, 0.15) is 18.4 Å². The first kappa shape index (κ1) is 20.7. The zero-order valence-corrected chi connectivity index (χ0v) is 17.4. The van der Waals surface area contributed by atoms with E-state index in [0.717, 1.165) is 30.2 Å². The lowest BCUT2D eigenvalue weighted by molar-refractivity contribution is -0.121. The third-order valence-electron chi connectivity index (χ3n) is 5.14. The number of aliphatic imine (C=N–C) groups is 1. The highest BCUT2D eigenvalue weighted by atomic mass is 35.5. The van der Waals surface area contributed by atoms with Gasteiger partial charge in [-0.15, -0.1) is 0 Å². The molecule has 1 fully saturated rings. The quantitative estimate of drug-likeness (QED) is 0.637. The smallest absolute Gasteiger partial charge is 0.221 e. The molecule has 158 valence electrons. The van der Waals surface area contributed by atoms with Crippen molar-refractivity contribution < 1.29 is 14.6 Å². The molecule has 2 aliphatic rings. The Morgan fingerprint density at radius 3 is 3.03 bits per heavy atom. The highest BCUT2D eigenvalue weighted by Crippen LogP contribution is 2.39. The van der Waals surface area contributed by atoms with E-state index in [4.69, 9.17) is 26.4 Å². The molecule has 0 spiro atoms. The van der Waals surface area contributed by atoms with Crippen LogP contribution in [0.5, 0.6) is 11.5 Å². The number of halogens is 1. The summed E-state index contributed by atoms with van der Waals surface area (Å²) < 4.78 is 6.12. The Labute approximate surface area is 180 Å². The van der Waals surface area contributed by atoms with Crippen molar-refractivity contribution >= 4 is 29.0 Å². The summed E-state index contributed by atoms with van der Waals surface area (Å²) in [5.41, 5.74) is 1.60. The number of aliphatic hydroxyl groups is 1. The van der Waals surface area contributed by atoms with E-state index in [0.29, 0.717) is 42.4 Å². The minimum atomic E-state index is -0.0218. The van der Waals surface area contributed by atoms with Crippen LogP contribution in [-0.4, -0.2) is 60.6 Å². The van der Waals surface area contributed by atoms with E-state index >= 15 is 0 Å². The maximum atomic E-state index is 12.2. The van der Waals surface area contributed by atoms with Crippen molar-refractivity contribution in [2.75, 3.05) is 32.8 Å². The largest absolute Gasteiger partial charge is 0.454 e. The standard InChI is InChI=1S/C22H25ClN4O3/c23-15-6-7-20-18(12-15)26-22(17-4-1-2-5-19(17)30-20)27-10-9-24-16(14-27)13-21(29)25-8-3-11-28/h1-2,4-7,12,16,24,28H,3,8-11,13-14H2,(H,25,29)/t16-/m0/s1. The number of hydrogen-bond acceptors (Lipinski definition) is 6. The Kier molecular flexibility index (Phi) is 6.52. The number of fused-ring (bicyclic) bond motifs is 2. The third kappa shape index (κ3) is 4.75. The molecule has 0 unspecified atom stereocenters. The summed E-state index contributed by atoms with van der Waals surface area (Å²) >= 11 is 6.20. The van der Waals surface area contributed by atoms with Gasteiger partial charge in [-0.1, -0.05) is 23.7 Å². The molecule has 8 heteroatoms. The van der Waals surface area contributed by atoms with Crippen LogP contribution in [0.3, 0.4) is 0 Å². The van der Waals surface area contributed by atoms with E-state index in [-0.39, 0.29) is 18.6 Å². The number of amidine groups is 1. The average Bonchev–Trinajstić information content (AvgIpc) is 2.90. The molecule has 0 bridgehead atoms. The number of nitrogens with one attached hydrogen (secondary N) is 2. The van der Waals surface area contributed by atoms with E-state index in [1.54, 1.807) is 12.1 Å². The molecule has 1 atom stereocenters. The van der Waals surface area contributed by atoms with Crippen LogP contribution in [0.2, 0.25) is 5.02 Å². The second-order valence-corrected chi connectivity index (χ2v) is 7.81. The molecule has 2 aliphatic heterocycles. The number of hydrogen-bond donors (Lipinski definition) is 3. The van der Waals surface area contributed by atoms with Crippen LogP contribution in [0.15, 0.2) is 47.5 Å². The number of rotatable bonds is 5. The first-order chi connectivity index (χ1) is 14.6. The Morgan fingerprint density at radius 2 is 2.17 bits per heavy atom. The Morgan fingerprint density at radius 1 is 1.30 bits per heavy atom. The second kappa shape index (κ2) is 9.47. The number of ether oxygens (including phenoxy) is 1. The number of benzene rings is 2. The number of carbonyl (C=O) groups excluding carboxylic acids is 1. The minimum Gasteiger partial charge on any atom is -0.454 e. The molecule has 0 radical (unpaired) electrons. The van der Waals surface area contributed by atoms with Gasteiger partial charge in [0.1, 0.15) is 17.3 Å². The fraction of sp³-hybridized carbons (Fsp3) is 0.364. The summed E-state index contributed by atoms with van der Waals surface area (Å²) in [6.45, 7) is 2.73. The number of aliphatic hydroxyl groups excluding tert-OH is 1. The molecule has 3 N–H and O–H groups in total. The SMILES string of the molecule is O=C(C[C@H]1CN(C2=Nc3cc(Cl)ccc3Oc3ccccc32)CCN1)NCCCO. The molecule has 4 rings (SSSR count).